The number of carbonyl (C=O) groups is 1. The van der Waals surface area contributed by atoms with Crippen molar-refractivity contribution in [2.24, 2.45) is 0 Å². The Kier molecular flexibility index (Phi) is 8.46. The molecule has 0 spiro atoms. The highest BCUT2D eigenvalue weighted by Crippen LogP contribution is 2.24. The number of halogens is 1. The number of esters is 1. The summed E-state index contributed by atoms with van der Waals surface area (Å²) in [6, 6.07) is 7.34. The normalized spacial score (nSPS) is 11.1. The molecule has 1 atom stereocenters. The quantitative estimate of drug-likeness (QED) is 0.842. The molecule has 0 aliphatic carbocycles. The van der Waals surface area contributed by atoms with E-state index in [1.54, 1.807) is 13.1 Å². The molecule has 0 aliphatic heterocycles. The number of hydrogen-bond acceptors (Lipinski definition) is 3. The SMILES string of the molecule is CC.CNC(CC(=O)OC)c1ccccc1Cl. The van der Waals surface area contributed by atoms with Gasteiger partial charge in [0.25, 0.3) is 0 Å². The average Bonchev–Trinajstić information content (AvgIpc) is 2.39. The standard InChI is InChI=1S/C11H14ClNO2.C2H6/c1-13-10(7-11(14)15-2)8-5-3-4-6-9(8)12;1-2/h3-6,10,13H,7H2,1-2H3;1-2H3. The zero-order chi connectivity index (χ0) is 13.3. The van der Waals surface area contributed by atoms with E-state index in [1.807, 2.05) is 32.0 Å². The molecule has 0 amide bonds. The van der Waals surface area contributed by atoms with E-state index in [-0.39, 0.29) is 18.4 Å². The Morgan fingerprint density at radius 1 is 1.41 bits per heavy atom. The second-order valence-corrected chi connectivity index (χ2v) is 3.55. The molecule has 0 saturated carbocycles. The summed E-state index contributed by atoms with van der Waals surface area (Å²) in [4.78, 5) is 11.2. The largest absolute Gasteiger partial charge is 0.469 e. The number of rotatable bonds is 4. The smallest absolute Gasteiger partial charge is 0.307 e. The first-order chi connectivity index (χ1) is 8.19. The second-order valence-electron chi connectivity index (χ2n) is 3.14. The molecule has 0 radical (unpaired) electrons. The van der Waals surface area contributed by atoms with Crippen LogP contribution in [0.1, 0.15) is 31.9 Å². The predicted octanol–water partition coefficient (Wildman–Crippen LogP) is 3.19. The van der Waals surface area contributed by atoms with Gasteiger partial charge in [-0.05, 0) is 18.7 Å². The first-order valence-electron chi connectivity index (χ1n) is 5.67. The fourth-order valence-electron chi connectivity index (χ4n) is 1.38. The Balaban J connectivity index is 0.00000121. The molecule has 1 aromatic rings. The molecule has 1 rings (SSSR count). The number of carbonyl (C=O) groups excluding carboxylic acids is 1. The molecule has 4 heteroatoms. The highest BCUT2D eigenvalue weighted by Gasteiger charge is 2.16. The van der Waals surface area contributed by atoms with Crippen LogP contribution in [0.3, 0.4) is 0 Å². The lowest BCUT2D eigenvalue weighted by Gasteiger charge is -2.16. The molecule has 96 valence electrons. The number of hydrogen-bond donors (Lipinski definition) is 1. The van der Waals surface area contributed by atoms with Crippen LogP contribution in [0, 0.1) is 0 Å². The minimum absolute atomic E-state index is 0.105. The first kappa shape index (κ1) is 15.9. The van der Waals surface area contributed by atoms with Crippen molar-refractivity contribution in [2.45, 2.75) is 26.3 Å². The molecule has 1 N–H and O–H groups in total. The van der Waals surface area contributed by atoms with E-state index in [9.17, 15) is 4.79 Å². The van der Waals surface area contributed by atoms with Gasteiger partial charge in [0.1, 0.15) is 0 Å². The Labute approximate surface area is 108 Å². The summed E-state index contributed by atoms with van der Waals surface area (Å²) in [5.74, 6) is -0.255. The lowest BCUT2D eigenvalue weighted by atomic mass is 10.0. The first-order valence-corrected chi connectivity index (χ1v) is 6.05. The van der Waals surface area contributed by atoms with Gasteiger partial charge in [-0.2, -0.15) is 0 Å². The molecule has 0 fully saturated rings. The van der Waals surface area contributed by atoms with Gasteiger partial charge >= 0.3 is 5.97 Å². The van der Waals surface area contributed by atoms with Gasteiger partial charge in [-0.1, -0.05) is 43.6 Å². The second kappa shape index (κ2) is 9.02. The Hall–Kier alpha value is -1.06. The molecule has 0 heterocycles. The Morgan fingerprint density at radius 2 is 2.00 bits per heavy atom. The molecule has 1 unspecified atom stereocenters. The van der Waals surface area contributed by atoms with E-state index in [1.165, 1.54) is 7.11 Å². The molecular formula is C13H20ClNO2. The number of benzene rings is 1. The summed E-state index contributed by atoms with van der Waals surface area (Å²) in [5.41, 5.74) is 0.909. The van der Waals surface area contributed by atoms with Gasteiger partial charge < -0.3 is 10.1 Å². The summed E-state index contributed by atoms with van der Waals surface area (Å²) in [7, 11) is 3.17. The monoisotopic (exact) mass is 257 g/mol. The van der Waals surface area contributed by atoms with Crippen molar-refractivity contribution in [1.82, 2.24) is 5.32 Å². The fraction of sp³-hybridized carbons (Fsp3) is 0.462. The Morgan fingerprint density at radius 3 is 2.47 bits per heavy atom. The van der Waals surface area contributed by atoms with Crippen molar-refractivity contribution >= 4 is 17.6 Å². The van der Waals surface area contributed by atoms with Crippen LogP contribution in [0.5, 0.6) is 0 Å². The van der Waals surface area contributed by atoms with Gasteiger partial charge in [0.2, 0.25) is 0 Å². The van der Waals surface area contributed by atoms with E-state index >= 15 is 0 Å². The summed E-state index contributed by atoms with van der Waals surface area (Å²) in [5, 5.41) is 3.69. The van der Waals surface area contributed by atoms with Crippen molar-refractivity contribution in [2.75, 3.05) is 14.2 Å². The molecule has 0 saturated heterocycles. The van der Waals surface area contributed by atoms with Crippen molar-refractivity contribution < 1.29 is 9.53 Å². The van der Waals surface area contributed by atoms with Crippen LogP contribution in [0.2, 0.25) is 5.02 Å². The minimum Gasteiger partial charge on any atom is -0.469 e. The molecule has 0 aromatic heterocycles. The third-order valence-corrected chi connectivity index (χ3v) is 2.57. The van der Waals surface area contributed by atoms with Gasteiger partial charge in [-0.3, -0.25) is 4.79 Å². The fourth-order valence-corrected chi connectivity index (χ4v) is 1.64. The highest BCUT2D eigenvalue weighted by molar-refractivity contribution is 6.31. The zero-order valence-electron chi connectivity index (χ0n) is 10.8. The summed E-state index contributed by atoms with van der Waals surface area (Å²) < 4.78 is 4.62. The van der Waals surface area contributed by atoms with Crippen LogP contribution < -0.4 is 5.32 Å². The lowest BCUT2D eigenvalue weighted by molar-refractivity contribution is -0.141. The van der Waals surface area contributed by atoms with Crippen LogP contribution >= 0.6 is 11.6 Å². The van der Waals surface area contributed by atoms with Gasteiger partial charge in [0.15, 0.2) is 0 Å². The maximum Gasteiger partial charge on any atom is 0.307 e. The van der Waals surface area contributed by atoms with Crippen LogP contribution in [-0.2, 0) is 9.53 Å². The van der Waals surface area contributed by atoms with Crippen molar-refractivity contribution in [3.8, 4) is 0 Å². The average molecular weight is 258 g/mol. The maximum atomic E-state index is 11.2. The Bertz CT molecular complexity index is 342. The van der Waals surface area contributed by atoms with E-state index in [0.29, 0.717) is 5.02 Å². The topological polar surface area (TPSA) is 38.3 Å². The van der Waals surface area contributed by atoms with Gasteiger partial charge in [0, 0.05) is 11.1 Å². The minimum atomic E-state index is -0.255. The van der Waals surface area contributed by atoms with Crippen molar-refractivity contribution in [3.05, 3.63) is 34.9 Å². The maximum absolute atomic E-state index is 11.2. The van der Waals surface area contributed by atoms with E-state index in [0.717, 1.165) is 5.56 Å². The molecule has 17 heavy (non-hydrogen) atoms. The highest BCUT2D eigenvalue weighted by atomic mass is 35.5. The third kappa shape index (κ3) is 5.20. The number of ether oxygens (including phenoxy) is 1. The van der Waals surface area contributed by atoms with Crippen LogP contribution in [0.4, 0.5) is 0 Å². The third-order valence-electron chi connectivity index (χ3n) is 2.23. The summed E-state index contributed by atoms with van der Waals surface area (Å²) >= 11 is 6.03. The number of nitrogens with one attached hydrogen (secondary N) is 1. The summed E-state index contributed by atoms with van der Waals surface area (Å²) in [6.07, 6.45) is 0.275. The van der Waals surface area contributed by atoms with Crippen LogP contribution in [-0.4, -0.2) is 20.1 Å². The van der Waals surface area contributed by atoms with E-state index in [2.05, 4.69) is 10.1 Å². The number of methoxy groups -OCH3 is 1. The van der Waals surface area contributed by atoms with Gasteiger partial charge in [-0.25, -0.2) is 0 Å². The van der Waals surface area contributed by atoms with Gasteiger partial charge in [-0.15, -0.1) is 0 Å². The van der Waals surface area contributed by atoms with E-state index < -0.39 is 0 Å². The van der Waals surface area contributed by atoms with E-state index in [4.69, 9.17) is 11.6 Å². The predicted molar refractivity (Wildman–Crippen MR) is 71.2 cm³/mol. The zero-order valence-corrected chi connectivity index (χ0v) is 11.5. The van der Waals surface area contributed by atoms with Gasteiger partial charge in [0.05, 0.1) is 13.5 Å². The molecule has 0 bridgehead atoms. The summed E-state index contributed by atoms with van der Waals surface area (Å²) in [6.45, 7) is 4.00. The van der Waals surface area contributed by atoms with Crippen LogP contribution in [0.15, 0.2) is 24.3 Å². The van der Waals surface area contributed by atoms with Crippen LogP contribution in [0.25, 0.3) is 0 Å². The molecule has 1 aromatic carbocycles. The lowest BCUT2D eigenvalue weighted by Crippen LogP contribution is -2.20. The van der Waals surface area contributed by atoms with Crippen molar-refractivity contribution in [3.63, 3.8) is 0 Å². The molecular weight excluding hydrogens is 238 g/mol. The van der Waals surface area contributed by atoms with Crippen molar-refractivity contribution in [1.29, 1.82) is 0 Å². The molecule has 0 aliphatic rings. The molecule has 3 nitrogen and oxygen atoms in total.